The van der Waals surface area contributed by atoms with Gasteiger partial charge in [-0.25, -0.2) is 4.99 Å². The van der Waals surface area contributed by atoms with Crippen LogP contribution in [-0.4, -0.2) is 44.4 Å². The van der Waals surface area contributed by atoms with Gasteiger partial charge in [-0.05, 0) is 56.2 Å². The standard InChI is InChI=1S/C21H25F4N3O/c1-6-27(4)13-26-18-10-15(3)19(11-14(18)2)28(5)16-8-7-9-17(12-16)29-21(24,25)20(22)23/h7-13,20H,6H2,1-5H3. The molecular weight excluding hydrogens is 386 g/mol. The van der Waals surface area contributed by atoms with Crippen molar-refractivity contribution in [1.82, 2.24) is 4.90 Å². The molecule has 0 unspecified atom stereocenters. The highest BCUT2D eigenvalue weighted by atomic mass is 19.3. The van der Waals surface area contributed by atoms with E-state index in [2.05, 4.69) is 9.73 Å². The lowest BCUT2D eigenvalue weighted by Crippen LogP contribution is -2.33. The second kappa shape index (κ2) is 9.15. The molecule has 2 aromatic rings. The minimum atomic E-state index is -4.55. The van der Waals surface area contributed by atoms with Gasteiger partial charge >= 0.3 is 12.5 Å². The van der Waals surface area contributed by atoms with Gasteiger partial charge in [0.15, 0.2) is 0 Å². The number of ether oxygens (including phenoxy) is 1. The minimum Gasteiger partial charge on any atom is -0.428 e. The molecule has 0 bridgehead atoms. The molecule has 4 nitrogen and oxygen atoms in total. The molecule has 0 spiro atoms. The van der Waals surface area contributed by atoms with Crippen LogP contribution >= 0.6 is 0 Å². The van der Waals surface area contributed by atoms with Gasteiger partial charge in [0.25, 0.3) is 0 Å². The summed E-state index contributed by atoms with van der Waals surface area (Å²) in [7, 11) is 3.69. The van der Waals surface area contributed by atoms with Crippen LogP contribution in [-0.2, 0) is 0 Å². The Morgan fingerprint density at radius 2 is 1.79 bits per heavy atom. The molecular formula is C21H25F4N3O. The molecule has 0 aliphatic carbocycles. The summed E-state index contributed by atoms with van der Waals surface area (Å²) in [6.45, 7) is 6.71. The van der Waals surface area contributed by atoms with Crippen LogP contribution in [0.5, 0.6) is 5.75 Å². The van der Waals surface area contributed by atoms with Gasteiger partial charge < -0.3 is 14.5 Å². The summed E-state index contributed by atoms with van der Waals surface area (Å²) in [5.74, 6) is -0.335. The highest BCUT2D eigenvalue weighted by Crippen LogP contribution is 2.35. The van der Waals surface area contributed by atoms with Crippen LogP contribution in [0, 0.1) is 13.8 Å². The van der Waals surface area contributed by atoms with Crippen molar-refractivity contribution in [3.05, 3.63) is 47.5 Å². The van der Waals surface area contributed by atoms with E-state index in [4.69, 9.17) is 0 Å². The maximum absolute atomic E-state index is 13.2. The third kappa shape index (κ3) is 5.62. The molecule has 0 aliphatic rings. The van der Waals surface area contributed by atoms with Crippen molar-refractivity contribution in [1.29, 1.82) is 0 Å². The van der Waals surface area contributed by atoms with E-state index < -0.39 is 12.5 Å². The number of alkyl halides is 4. The number of aryl methyl sites for hydroxylation is 2. The molecule has 2 rings (SSSR count). The quantitative estimate of drug-likeness (QED) is 0.307. The van der Waals surface area contributed by atoms with Crippen molar-refractivity contribution in [3.8, 4) is 5.75 Å². The first-order chi connectivity index (χ1) is 13.5. The molecule has 2 aromatic carbocycles. The number of benzene rings is 2. The molecule has 0 aliphatic heterocycles. The van der Waals surface area contributed by atoms with Crippen molar-refractivity contribution in [2.75, 3.05) is 25.5 Å². The molecule has 0 fully saturated rings. The third-order valence-corrected chi connectivity index (χ3v) is 4.48. The lowest BCUT2D eigenvalue weighted by molar-refractivity contribution is -0.253. The fourth-order valence-electron chi connectivity index (χ4n) is 2.62. The summed E-state index contributed by atoms with van der Waals surface area (Å²) in [6, 6.07) is 9.55. The van der Waals surface area contributed by atoms with Crippen LogP contribution < -0.4 is 9.64 Å². The van der Waals surface area contributed by atoms with Gasteiger partial charge in [0.1, 0.15) is 5.75 Å². The number of anilines is 2. The Bertz CT molecular complexity index is 871. The monoisotopic (exact) mass is 411 g/mol. The summed E-state index contributed by atoms with van der Waals surface area (Å²) < 4.78 is 55.4. The fourth-order valence-corrected chi connectivity index (χ4v) is 2.62. The van der Waals surface area contributed by atoms with E-state index in [0.29, 0.717) is 5.69 Å². The van der Waals surface area contributed by atoms with Crippen LogP contribution in [0.1, 0.15) is 18.1 Å². The van der Waals surface area contributed by atoms with Crippen molar-refractivity contribution < 1.29 is 22.3 Å². The normalized spacial score (nSPS) is 11.9. The first-order valence-corrected chi connectivity index (χ1v) is 9.09. The fraction of sp³-hybridized carbons (Fsp3) is 0.381. The van der Waals surface area contributed by atoms with E-state index in [-0.39, 0.29) is 5.75 Å². The summed E-state index contributed by atoms with van der Waals surface area (Å²) in [5, 5.41) is 0. The third-order valence-electron chi connectivity index (χ3n) is 4.48. The summed E-state index contributed by atoms with van der Waals surface area (Å²) in [6.07, 6.45) is -6.70. The first-order valence-electron chi connectivity index (χ1n) is 9.09. The van der Waals surface area contributed by atoms with Crippen LogP contribution in [0.4, 0.5) is 34.6 Å². The van der Waals surface area contributed by atoms with Crippen molar-refractivity contribution in [2.24, 2.45) is 4.99 Å². The smallest absolute Gasteiger partial charge is 0.428 e. The Balaban J connectivity index is 2.31. The molecule has 0 saturated carbocycles. The number of rotatable bonds is 8. The molecule has 8 heteroatoms. The zero-order valence-electron chi connectivity index (χ0n) is 17.1. The van der Waals surface area contributed by atoms with E-state index in [0.717, 1.165) is 29.0 Å². The lowest BCUT2D eigenvalue weighted by atomic mass is 10.1. The minimum absolute atomic E-state index is 0.335. The van der Waals surface area contributed by atoms with Gasteiger partial charge in [-0.3, -0.25) is 0 Å². The second-order valence-corrected chi connectivity index (χ2v) is 6.76. The average Bonchev–Trinajstić information content (AvgIpc) is 2.67. The number of aliphatic imine (C=N–C) groups is 1. The van der Waals surface area contributed by atoms with Crippen LogP contribution in [0.3, 0.4) is 0 Å². The predicted molar refractivity (Wildman–Crippen MR) is 108 cm³/mol. The first kappa shape index (κ1) is 22.5. The molecule has 0 radical (unpaired) electrons. The predicted octanol–water partition coefficient (Wildman–Crippen LogP) is 5.92. The second-order valence-electron chi connectivity index (χ2n) is 6.76. The van der Waals surface area contributed by atoms with E-state index >= 15 is 0 Å². The molecule has 0 amide bonds. The maximum atomic E-state index is 13.2. The number of halogens is 4. The lowest BCUT2D eigenvalue weighted by Gasteiger charge is -2.24. The molecule has 0 aromatic heterocycles. The van der Waals surface area contributed by atoms with Crippen molar-refractivity contribution in [3.63, 3.8) is 0 Å². The number of hydrogen-bond donors (Lipinski definition) is 0. The molecule has 0 heterocycles. The Morgan fingerprint density at radius 3 is 2.41 bits per heavy atom. The molecule has 0 N–H and O–H groups in total. The number of hydrogen-bond acceptors (Lipinski definition) is 3. The highest BCUT2D eigenvalue weighted by Gasteiger charge is 2.44. The zero-order valence-corrected chi connectivity index (χ0v) is 17.1. The highest BCUT2D eigenvalue weighted by molar-refractivity contribution is 5.72. The van der Waals surface area contributed by atoms with Gasteiger partial charge in [0.05, 0.1) is 12.0 Å². The van der Waals surface area contributed by atoms with Crippen LogP contribution in [0.2, 0.25) is 0 Å². The van der Waals surface area contributed by atoms with E-state index in [9.17, 15) is 17.6 Å². The Labute approximate surface area is 168 Å². The van der Waals surface area contributed by atoms with Gasteiger partial charge in [0.2, 0.25) is 0 Å². The van der Waals surface area contributed by atoms with Crippen molar-refractivity contribution in [2.45, 2.75) is 33.3 Å². The van der Waals surface area contributed by atoms with E-state index in [1.807, 2.05) is 44.9 Å². The average molecular weight is 411 g/mol. The Hall–Kier alpha value is -2.77. The maximum Gasteiger partial charge on any atom is 0.461 e. The Kier molecular flexibility index (Phi) is 7.11. The summed E-state index contributed by atoms with van der Waals surface area (Å²) in [4.78, 5) is 8.22. The summed E-state index contributed by atoms with van der Waals surface area (Å²) in [5.41, 5.74) is 4.05. The molecule has 0 saturated heterocycles. The molecule has 0 atom stereocenters. The SMILES string of the molecule is CCN(C)C=Nc1cc(C)c(N(C)c2cccc(OC(F)(F)C(F)F)c2)cc1C. The van der Waals surface area contributed by atoms with Gasteiger partial charge in [-0.15, -0.1) is 0 Å². The van der Waals surface area contributed by atoms with E-state index in [1.165, 1.54) is 18.2 Å². The number of nitrogens with zero attached hydrogens (tertiary/aromatic N) is 3. The van der Waals surface area contributed by atoms with Gasteiger partial charge in [0, 0.05) is 38.1 Å². The molecule has 158 valence electrons. The van der Waals surface area contributed by atoms with Crippen molar-refractivity contribution >= 4 is 23.4 Å². The van der Waals surface area contributed by atoms with Crippen LogP contribution in [0.25, 0.3) is 0 Å². The topological polar surface area (TPSA) is 28.1 Å². The molecule has 29 heavy (non-hydrogen) atoms. The summed E-state index contributed by atoms with van der Waals surface area (Å²) >= 11 is 0. The zero-order chi connectivity index (χ0) is 21.8. The largest absolute Gasteiger partial charge is 0.461 e. The Morgan fingerprint density at radius 1 is 1.10 bits per heavy atom. The van der Waals surface area contributed by atoms with E-state index in [1.54, 1.807) is 24.4 Å². The van der Waals surface area contributed by atoms with Gasteiger partial charge in [-0.2, -0.15) is 17.6 Å². The van der Waals surface area contributed by atoms with Gasteiger partial charge in [-0.1, -0.05) is 6.07 Å². The van der Waals surface area contributed by atoms with Crippen LogP contribution in [0.15, 0.2) is 41.4 Å².